The molecule has 1 aromatic heterocycles. The van der Waals surface area contributed by atoms with Crippen molar-refractivity contribution in [3.8, 4) is 0 Å². The predicted octanol–water partition coefficient (Wildman–Crippen LogP) is 3.24. The predicted molar refractivity (Wildman–Crippen MR) is 64.4 cm³/mol. The second-order valence-corrected chi connectivity index (χ2v) is 5.03. The van der Waals surface area contributed by atoms with E-state index in [2.05, 4.69) is 37.8 Å². The number of benzene rings is 1. The topological polar surface area (TPSA) is 20.2 Å². The molecular weight excluding hydrogens is 212 g/mol. The number of hydrogen-bond donors (Lipinski definition) is 2. The Bertz CT molecular complexity index is 460. The number of hydrogen-bond acceptors (Lipinski definition) is 3. The van der Waals surface area contributed by atoms with Crippen LogP contribution in [0.2, 0.25) is 0 Å². The molecule has 0 aliphatic rings. The lowest BCUT2D eigenvalue weighted by molar-refractivity contribution is 0.281. The summed E-state index contributed by atoms with van der Waals surface area (Å²) in [6.45, 7) is 2.22. The van der Waals surface area contributed by atoms with Crippen molar-refractivity contribution in [1.29, 1.82) is 0 Å². The fourth-order valence-corrected chi connectivity index (χ4v) is 3.06. The molecule has 0 amide bonds. The summed E-state index contributed by atoms with van der Waals surface area (Å²) in [5.41, 5.74) is 2.28. The monoisotopic (exact) mass is 224 g/mol. The Balaban J connectivity index is 2.68. The summed E-state index contributed by atoms with van der Waals surface area (Å²) in [6.07, 6.45) is 1.05. The van der Waals surface area contributed by atoms with Crippen molar-refractivity contribution in [1.82, 2.24) is 0 Å². The minimum atomic E-state index is 0.0737. The van der Waals surface area contributed by atoms with Gasteiger partial charge in [-0.25, -0.2) is 0 Å². The summed E-state index contributed by atoms with van der Waals surface area (Å²) in [6, 6.07) is 6.37. The fourth-order valence-electron chi connectivity index (χ4n) is 1.55. The Morgan fingerprint density at radius 1 is 1.43 bits per heavy atom. The van der Waals surface area contributed by atoms with Crippen molar-refractivity contribution in [2.45, 2.75) is 24.2 Å². The maximum Gasteiger partial charge on any atom is 0.0707 e. The molecule has 14 heavy (non-hydrogen) atoms. The van der Waals surface area contributed by atoms with Crippen LogP contribution in [0.15, 0.2) is 22.4 Å². The highest BCUT2D eigenvalue weighted by molar-refractivity contribution is 7.83. The van der Waals surface area contributed by atoms with Crippen LogP contribution in [0.25, 0.3) is 10.1 Å². The molecule has 0 fully saturated rings. The first-order valence-electron chi connectivity index (χ1n) is 4.60. The minimum Gasteiger partial charge on any atom is -0.392 e. The molecule has 1 heterocycles. The highest BCUT2D eigenvalue weighted by atomic mass is 32.2. The molecule has 0 spiro atoms. The first kappa shape index (κ1) is 10.0. The molecule has 0 radical (unpaired) electrons. The van der Waals surface area contributed by atoms with E-state index in [-0.39, 0.29) is 6.61 Å². The zero-order valence-electron chi connectivity index (χ0n) is 7.95. The fraction of sp³-hybridized carbons (Fsp3) is 0.273. The second-order valence-electron chi connectivity index (χ2n) is 3.23. The average molecular weight is 224 g/mol. The van der Waals surface area contributed by atoms with Crippen molar-refractivity contribution in [3.63, 3.8) is 0 Å². The van der Waals surface area contributed by atoms with Crippen LogP contribution >= 0.6 is 24.0 Å². The van der Waals surface area contributed by atoms with E-state index in [4.69, 9.17) is 0 Å². The third-order valence-corrected chi connectivity index (χ3v) is 3.94. The Labute approximate surface area is 92.8 Å². The third kappa shape index (κ3) is 1.56. The first-order valence-corrected chi connectivity index (χ1v) is 5.86. The van der Waals surface area contributed by atoms with Crippen molar-refractivity contribution in [2.24, 2.45) is 0 Å². The van der Waals surface area contributed by atoms with Gasteiger partial charge in [0.25, 0.3) is 0 Å². The van der Waals surface area contributed by atoms with E-state index in [1.54, 1.807) is 11.3 Å². The molecule has 2 aromatic rings. The number of fused-ring (bicyclic) bond motifs is 1. The van der Waals surface area contributed by atoms with E-state index in [0.717, 1.165) is 21.6 Å². The van der Waals surface area contributed by atoms with E-state index in [1.807, 2.05) is 0 Å². The van der Waals surface area contributed by atoms with Crippen molar-refractivity contribution in [2.75, 3.05) is 0 Å². The van der Waals surface area contributed by atoms with Crippen LogP contribution in [0.3, 0.4) is 0 Å². The molecule has 0 bridgehead atoms. The quantitative estimate of drug-likeness (QED) is 0.750. The number of aryl methyl sites for hydroxylation is 1. The lowest BCUT2D eigenvalue weighted by Gasteiger charge is -1.97. The number of rotatable bonds is 2. The zero-order valence-corrected chi connectivity index (χ0v) is 9.66. The molecular formula is C11H12OS2. The van der Waals surface area contributed by atoms with Gasteiger partial charge in [0.15, 0.2) is 0 Å². The molecule has 0 aliphatic heterocycles. The summed E-state index contributed by atoms with van der Waals surface area (Å²) in [4.78, 5) is 0. The summed E-state index contributed by atoms with van der Waals surface area (Å²) < 4.78 is 2.15. The van der Waals surface area contributed by atoms with Gasteiger partial charge < -0.3 is 5.11 Å². The number of thiophene rings is 1. The van der Waals surface area contributed by atoms with E-state index < -0.39 is 0 Å². The smallest absolute Gasteiger partial charge is 0.0707 e. The van der Waals surface area contributed by atoms with Crippen LogP contribution in [0.5, 0.6) is 0 Å². The zero-order chi connectivity index (χ0) is 10.1. The van der Waals surface area contributed by atoms with Crippen molar-refractivity contribution >= 4 is 34.1 Å². The average Bonchev–Trinajstić information content (AvgIpc) is 2.51. The van der Waals surface area contributed by atoms with Gasteiger partial charge in [-0.1, -0.05) is 19.1 Å². The molecule has 0 atom stereocenters. The lowest BCUT2D eigenvalue weighted by atomic mass is 10.1. The van der Waals surface area contributed by atoms with Gasteiger partial charge in [-0.2, -0.15) is 0 Å². The Morgan fingerprint density at radius 2 is 2.21 bits per heavy atom. The largest absolute Gasteiger partial charge is 0.392 e. The summed E-state index contributed by atoms with van der Waals surface area (Å²) in [7, 11) is 0. The summed E-state index contributed by atoms with van der Waals surface area (Å²) >= 11 is 6.00. The van der Waals surface area contributed by atoms with Crippen LogP contribution in [0.4, 0.5) is 0 Å². The highest BCUT2D eigenvalue weighted by Crippen LogP contribution is 2.34. The maximum absolute atomic E-state index is 9.19. The highest BCUT2D eigenvalue weighted by Gasteiger charge is 2.08. The minimum absolute atomic E-state index is 0.0737. The van der Waals surface area contributed by atoms with Gasteiger partial charge in [0.2, 0.25) is 0 Å². The second kappa shape index (κ2) is 3.93. The van der Waals surface area contributed by atoms with Crippen LogP contribution < -0.4 is 0 Å². The van der Waals surface area contributed by atoms with Gasteiger partial charge in [-0.05, 0) is 23.4 Å². The van der Waals surface area contributed by atoms with Crippen molar-refractivity contribution < 1.29 is 5.11 Å². The van der Waals surface area contributed by atoms with Gasteiger partial charge in [0.05, 0.1) is 10.8 Å². The number of thiol groups is 1. The van der Waals surface area contributed by atoms with Gasteiger partial charge in [0, 0.05) is 10.3 Å². The Morgan fingerprint density at radius 3 is 2.86 bits per heavy atom. The van der Waals surface area contributed by atoms with Gasteiger partial charge in [0.1, 0.15) is 0 Å². The molecule has 1 N–H and O–H groups in total. The third-order valence-electron chi connectivity index (χ3n) is 2.40. The lowest BCUT2D eigenvalue weighted by Crippen LogP contribution is -1.82. The SMILES string of the molecule is CCc1ccc2c(CO)c(S)sc2c1. The molecule has 0 saturated carbocycles. The molecule has 0 unspecified atom stereocenters. The Hall–Kier alpha value is -0.510. The normalized spacial score (nSPS) is 11.1. The molecule has 3 heteroatoms. The molecule has 0 aliphatic carbocycles. The van der Waals surface area contributed by atoms with Gasteiger partial charge in [-0.15, -0.1) is 24.0 Å². The van der Waals surface area contributed by atoms with Crippen LogP contribution in [0.1, 0.15) is 18.1 Å². The van der Waals surface area contributed by atoms with Gasteiger partial charge >= 0.3 is 0 Å². The number of aliphatic hydroxyl groups is 1. The van der Waals surface area contributed by atoms with E-state index in [1.165, 1.54) is 10.3 Å². The van der Waals surface area contributed by atoms with Crippen LogP contribution in [-0.4, -0.2) is 5.11 Å². The molecule has 1 nitrogen and oxygen atoms in total. The van der Waals surface area contributed by atoms with Crippen LogP contribution in [0, 0.1) is 0 Å². The molecule has 2 rings (SSSR count). The Kier molecular flexibility index (Phi) is 2.81. The summed E-state index contributed by atoms with van der Waals surface area (Å²) in [5, 5.41) is 10.3. The van der Waals surface area contributed by atoms with E-state index in [9.17, 15) is 5.11 Å². The maximum atomic E-state index is 9.19. The molecule has 0 saturated heterocycles. The number of aliphatic hydroxyl groups excluding tert-OH is 1. The van der Waals surface area contributed by atoms with E-state index >= 15 is 0 Å². The molecule has 1 aromatic carbocycles. The van der Waals surface area contributed by atoms with Crippen molar-refractivity contribution in [3.05, 3.63) is 29.3 Å². The first-order chi connectivity index (χ1) is 6.76. The van der Waals surface area contributed by atoms with E-state index in [0.29, 0.717) is 0 Å². The van der Waals surface area contributed by atoms with Crippen LogP contribution in [-0.2, 0) is 13.0 Å². The van der Waals surface area contributed by atoms with Gasteiger partial charge in [-0.3, -0.25) is 0 Å². The molecule has 74 valence electrons. The summed E-state index contributed by atoms with van der Waals surface area (Å²) in [5.74, 6) is 0. The standard InChI is InChI=1S/C11H12OS2/c1-2-7-3-4-8-9(6-12)11(13)14-10(8)5-7/h3-5,12-13H,2,6H2,1H3.